The second-order valence-electron chi connectivity index (χ2n) is 4.15. The van der Waals surface area contributed by atoms with Gasteiger partial charge in [-0.1, -0.05) is 0 Å². The van der Waals surface area contributed by atoms with Crippen LogP contribution in [0.4, 0.5) is 11.9 Å². The van der Waals surface area contributed by atoms with Crippen molar-refractivity contribution >= 4 is 11.9 Å². The topological polar surface area (TPSA) is 89.8 Å². The molecule has 0 aromatic carbocycles. The Balaban J connectivity index is 1.75. The molecule has 8 heteroatoms. The van der Waals surface area contributed by atoms with E-state index in [0.29, 0.717) is 17.9 Å². The van der Waals surface area contributed by atoms with Crippen molar-refractivity contribution in [2.24, 2.45) is 0 Å². The standard InChI is InChI=1S/C12H19N7O/c1-13-10-16-11(18-12(17-10)20-2)15-5-3-4-7-19-8-6-14-9-19/h6,8-9H,3-5,7H2,1-2H3,(H2,13,15,16,17,18). The van der Waals surface area contributed by atoms with Crippen LogP contribution in [-0.2, 0) is 6.54 Å². The summed E-state index contributed by atoms with van der Waals surface area (Å²) in [6, 6.07) is 0.297. The normalized spacial score (nSPS) is 10.3. The molecule has 0 fully saturated rings. The van der Waals surface area contributed by atoms with Crippen molar-refractivity contribution in [2.75, 3.05) is 31.3 Å². The van der Waals surface area contributed by atoms with E-state index < -0.39 is 0 Å². The number of nitrogens with zero attached hydrogens (tertiary/aromatic N) is 5. The first-order valence-electron chi connectivity index (χ1n) is 6.49. The fourth-order valence-corrected chi connectivity index (χ4v) is 1.68. The lowest BCUT2D eigenvalue weighted by Crippen LogP contribution is -2.10. The van der Waals surface area contributed by atoms with E-state index in [1.807, 2.05) is 12.5 Å². The minimum atomic E-state index is 0.297. The van der Waals surface area contributed by atoms with Gasteiger partial charge >= 0.3 is 6.01 Å². The van der Waals surface area contributed by atoms with Crippen LogP contribution in [0.1, 0.15) is 12.8 Å². The fourth-order valence-electron chi connectivity index (χ4n) is 1.68. The van der Waals surface area contributed by atoms with Crippen molar-refractivity contribution in [1.82, 2.24) is 24.5 Å². The second-order valence-corrected chi connectivity index (χ2v) is 4.15. The minimum absolute atomic E-state index is 0.297. The van der Waals surface area contributed by atoms with Crippen molar-refractivity contribution in [1.29, 1.82) is 0 Å². The molecule has 20 heavy (non-hydrogen) atoms. The van der Waals surface area contributed by atoms with E-state index in [1.165, 1.54) is 7.11 Å². The van der Waals surface area contributed by atoms with Crippen molar-refractivity contribution < 1.29 is 4.74 Å². The molecule has 0 saturated heterocycles. The maximum atomic E-state index is 5.02. The molecule has 0 bridgehead atoms. The number of rotatable bonds is 8. The molecule has 0 aliphatic rings. The van der Waals surface area contributed by atoms with Gasteiger partial charge in [0.2, 0.25) is 11.9 Å². The molecule has 2 N–H and O–H groups in total. The number of anilines is 2. The Labute approximate surface area is 117 Å². The molecule has 2 aromatic heterocycles. The molecule has 8 nitrogen and oxygen atoms in total. The maximum Gasteiger partial charge on any atom is 0.322 e. The van der Waals surface area contributed by atoms with Crippen LogP contribution in [0.5, 0.6) is 6.01 Å². The van der Waals surface area contributed by atoms with Crippen LogP contribution in [-0.4, -0.2) is 45.2 Å². The van der Waals surface area contributed by atoms with Crippen molar-refractivity contribution in [2.45, 2.75) is 19.4 Å². The van der Waals surface area contributed by atoms with Gasteiger partial charge in [-0.3, -0.25) is 0 Å². The Kier molecular flexibility index (Phi) is 5.10. The highest BCUT2D eigenvalue weighted by Gasteiger charge is 2.04. The van der Waals surface area contributed by atoms with E-state index in [4.69, 9.17) is 4.74 Å². The van der Waals surface area contributed by atoms with Gasteiger partial charge in [0, 0.05) is 32.5 Å². The quantitative estimate of drug-likeness (QED) is 0.696. The zero-order chi connectivity index (χ0) is 14.2. The van der Waals surface area contributed by atoms with E-state index >= 15 is 0 Å². The molecule has 0 unspecified atom stereocenters. The van der Waals surface area contributed by atoms with Crippen LogP contribution < -0.4 is 15.4 Å². The smallest absolute Gasteiger partial charge is 0.322 e. The lowest BCUT2D eigenvalue weighted by Gasteiger charge is -2.08. The molecule has 0 radical (unpaired) electrons. The third-order valence-electron chi connectivity index (χ3n) is 2.71. The van der Waals surface area contributed by atoms with Gasteiger partial charge in [-0.2, -0.15) is 15.0 Å². The highest BCUT2D eigenvalue weighted by molar-refractivity contribution is 5.35. The van der Waals surface area contributed by atoms with E-state index in [2.05, 4.69) is 35.1 Å². The summed E-state index contributed by atoms with van der Waals surface area (Å²) in [6.07, 6.45) is 7.65. The summed E-state index contributed by atoms with van der Waals surface area (Å²) in [7, 11) is 3.29. The van der Waals surface area contributed by atoms with Gasteiger partial charge in [0.1, 0.15) is 0 Å². The first-order chi connectivity index (χ1) is 9.81. The van der Waals surface area contributed by atoms with Crippen LogP contribution in [0.2, 0.25) is 0 Å². The van der Waals surface area contributed by atoms with Crippen LogP contribution in [0.15, 0.2) is 18.7 Å². The molecule has 2 rings (SSSR count). The molecule has 108 valence electrons. The number of methoxy groups -OCH3 is 1. The molecule has 0 aliphatic heterocycles. The zero-order valence-electron chi connectivity index (χ0n) is 11.7. The third-order valence-corrected chi connectivity index (χ3v) is 2.71. The largest absolute Gasteiger partial charge is 0.467 e. The molecule has 0 amide bonds. The monoisotopic (exact) mass is 277 g/mol. The van der Waals surface area contributed by atoms with Crippen LogP contribution in [0.25, 0.3) is 0 Å². The highest BCUT2D eigenvalue weighted by Crippen LogP contribution is 2.10. The van der Waals surface area contributed by atoms with E-state index in [0.717, 1.165) is 25.9 Å². The molecule has 0 saturated carbocycles. The number of hydrogen-bond donors (Lipinski definition) is 2. The van der Waals surface area contributed by atoms with E-state index in [-0.39, 0.29) is 0 Å². The molecule has 0 spiro atoms. The number of unbranched alkanes of at least 4 members (excludes halogenated alkanes) is 1. The number of aryl methyl sites for hydroxylation is 1. The number of hydrogen-bond acceptors (Lipinski definition) is 7. The number of imidazole rings is 1. The fraction of sp³-hybridized carbons (Fsp3) is 0.500. The summed E-state index contributed by atoms with van der Waals surface area (Å²) in [5, 5.41) is 6.04. The van der Waals surface area contributed by atoms with Crippen molar-refractivity contribution in [3.8, 4) is 6.01 Å². The van der Waals surface area contributed by atoms with Crippen LogP contribution in [0, 0.1) is 0 Å². The van der Waals surface area contributed by atoms with Crippen molar-refractivity contribution in [3.63, 3.8) is 0 Å². The molecule has 2 heterocycles. The Hall–Kier alpha value is -2.38. The first-order valence-corrected chi connectivity index (χ1v) is 6.49. The summed E-state index contributed by atoms with van der Waals surface area (Å²) in [5.74, 6) is 1.00. The van der Waals surface area contributed by atoms with Crippen molar-refractivity contribution in [3.05, 3.63) is 18.7 Å². The lowest BCUT2D eigenvalue weighted by atomic mass is 10.3. The van der Waals surface area contributed by atoms with Gasteiger partial charge in [-0.05, 0) is 12.8 Å². The highest BCUT2D eigenvalue weighted by atomic mass is 16.5. The number of aromatic nitrogens is 5. The SMILES string of the molecule is CNc1nc(NCCCCn2ccnc2)nc(OC)n1. The van der Waals surface area contributed by atoms with Gasteiger partial charge in [0.15, 0.2) is 0 Å². The van der Waals surface area contributed by atoms with Gasteiger partial charge < -0.3 is 19.9 Å². The Morgan fingerprint density at radius 2 is 2.05 bits per heavy atom. The molecular formula is C12H19N7O. The molecule has 0 aliphatic carbocycles. The number of ether oxygens (including phenoxy) is 1. The average molecular weight is 277 g/mol. The summed E-state index contributed by atoms with van der Waals surface area (Å²) in [5.41, 5.74) is 0. The molecule has 0 atom stereocenters. The van der Waals surface area contributed by atoms with Gasteiger partial charge in [-0.15, -0.1) is 0 Å². The van der Waals surface area contributed by atoms with E-state index in [1.54, 1.807) is 13.2 Å². The Bertz CT molecular complexity index is 492. The zero-order valence-corrected chi connectivity index (χ0v) is 11.7. The lowest BCUT2D eigenvalue weighted by molar-refractivity contribution is 0.379. The van der Waals surface area contributed by atoms with Gasteiger partial charge in [-0.25, -0.2) is 4.98 Å². The second kappa shape index (κ2) is 7.27. The summed E-state index contributed by atoms with van der Waals surface area (Å²) < 4.78 is 7.08. The minimum Gasteiger partial charge on any atom is -0.467 e. The Morgan fingerprint density at radius 1 is 1.20 bits per heavy atom. The maximum absolute atomic E-state index is 5.02. The molecule has 2 aromatic rings. The van der Waals surface area contributed by atoms with E-state index in [9.17, 15) is 0 Å². The average Bonchev–Trinajstić information content (AvgIpc) is 2.99. The summed E-state index contributed by atoms with van der Waals surface area (Å²) in [6.45, 7) is 1.76. The predicted octanol–water partition coefficient (Wildman–Crippen LogP) is 1.01. The van der Waals surface area contributed by atoms with Gasteiger partial charge in [0.05, 0.1) is 13.4 Å². The Morgan fingerprint density at radius 3 is 2.75 bits per heavy atom. The van der Waals surface area contributed by atoms with Gasteiger partial charge in [0.25, 0.3) is 0 Å². The summed E-state index contributed by atoms with van der Waals surface area (Å²) in [4.78, 5) is 16.4. The number of nitrogens with one attached hydrogen (secondary N) is 2. The third kappa shape index (κ3) is 4.08. The van der Waals surface area contributed by atoms with Crippen LogP contribution >= 0.6 is 0 Å². The predicted molar refractivity (Wildman–Crippen MR) is 75.9 cm³/mol. The van der Waals surface area contributed by atoms with Crippen LogP contribution in [0.3, 0.4) is 0 Å². The first kappa shape index (κ1) is 14.0. The molecular weight excluding hydrogens is 258 g/mol. The summed E-state index contributed by atoms with van der Waals surface area (Å²) >= 11 is 0.